The van der Waals surface area contributed by atoms with Crippen molar-refractivity contribution < 1.29 is 0 Å². The average Bonchev–Trinajstić information content (AvgIpc) is 2.27. The normalized spacial score (nSPS) is 11.1. The Morgan fingerprint density at radius 2 is 2.12 bits per heavy atom. The Bertz CT molecular complexity index is 315. The van der Waals surface area contributed by atoms with Crippen LogP contribution < -0.4 is 5.32 Å². The van der Waals surface area contributed by atoms with E-state index in [0.29, 0.717) is 0 Å². The van der Waals surface area contributed by atoms with Crippen LogP contribution in [-0.4, -0.2) is 18.8 Å². The van der Waals surface area contributed by atoms with Crippen LogP contribution in [0.2, 0.25) is 5.02 Å². The molecule has 0 bridgehead atoms. The van der Waals surface area contributed by atoms with Gasteiger partial charge in [-0.15, -0.1) is 11.8 Å². The number of hydrogen-bond acceptors (Lipinski definition) is 2. The summed E-state index contributed by atoms with van der Waals surface area (Å²) in [6.45, 7) is 6.74. The lowest BCUT2D eigenvalue weighted by Crippen LogP contribution is -2.20. The Hall–Kier alpha value is -0.180. The van der Waals surface area contributed by atoms with Gasteiger partial charge < -0.3 is 5.32 Å². The molecule has 0 amide bonds. The third-order valence-corrected chi connectivity index (χ3v) is 3.68. The molecule has 0 unspecified atom stereocenters. The van der Waals surface area contributed by atoms with Crippen molar-refractivity contribution in [2.75, 3.05) is 18.8 Å². The van der Waals surface area contributed by atoms with E-state index in [9.17, 15) is 0 Å². The van der Waals surface area contributed by atoms with Gasteiger partial charge in [0.1, 0.15) is 0 Å². The van der Waals surface area contributed by atoms with Crippen LogP contribution in [0, 0.1) is 5.92 Å². The van der Waals surface area contributed by atoms with Crippen molar-refractivity contribution >= 4 is 23.4 Å². The maximum atomic E-state index is 5.93. The molecule has 0 atom stereocenters. The Morgan fingerprint density at radius 3 is 2.82 bits per heavy atom. The van der Waals surface area contributed by atoms with Crippen LogP contribution in [0.4, 0.5) is 0 Å². The van der Waals surface area contributed by atoms with Gasteiger partial charge in [-0.2, -0.15) is 0 Å². The molecule has 0 spiro atoms. The quantitative estimate of drug-likeness (QED) is 0.553. The van der Waals surface area contributed by atoms with Gasteiger partial charge in [-0.25, -0.2) is 0 Å². The van der Waals surface area contributed by atoms with E-state index in [1.807, 2.05) is 30.0 Å². The second-order valence-electron chi connectivity index (χ2n) is 4.61. The van der Waals surface area contributed by atoms with Crippen molar-refractivity contribution in [3.05, 3.63) is 29.3 Å². The highest BCUT2D eigenvalue weighted by Gasteiger charge is 1.96. The minimum absolute atomic E-state index is 0.746. The highest BCUT2D eigenvalue weighted by Crippen LogP contribution is 2.22. The van der Waals surface area contributed by atoms with Crippen LogP contribution in [0.15, 0.2) is 29.2 Å². The number of halogens is 1. The summed E-state index contributed by atoms with van der Waals surface area (Å²) in [6.07, 6.45) is 2.50. The van der Waals surface area contributed by atoms with Gasteiger partial charge in [0.05, 0.1) is 0 Å². The van der Waals surface area contributed by atoms with Crippen molar-refractivity contribution in [3.63, 3.8) is 0 Å². The highest BCUT2D eigenvalue weighted by atomic mass is 35.5. The van der Waals surface area contributed by atoms with E-state index in [4.69, 9.17) is 11.6 Å². The molecule has 1 aromatic carbocycles. The van der Waals surface area contributed by atoms with Crippen molar-refractivity contribution in [2.45, 2.75) is 31.6 Å². The fraction of sp³-hybridized carbons (Fsp3) is 0.571. The first kappa shape index (κ1) is 14.9. The van der Waals surface area contributed by atoms with Gasteiger partial charge >= 0.3 is 0 Å². The van der Waals surface area contributed by atoms with E-state index < -0.39 is 0 Å². The van der Waals surface area contributed by atoms with Crippen LogP contribution in [0.3, 0.4) is 0 Å². The highest BCUT2D eigenvalue weighted by molar-refractivity contribution is 7.99. The first-order valence-corrected chi connectivity index (χ1v) is 7.64. The van der Waals surface area contributed by atoms with E-state index in [0.717, 1.165) is 24.0 Å². The molecule has 1 N–H and O–H groups in total. The molecule has 0 fully saturated rings. The van der Waals surface area contributed by atoms with Gasteiger partial charge in [-0.1, -0.05) is 31.5 Å². The van der Waals surface area contributed by atoms with Crippen molar-refractivity contribution in [2.24, 2.45) is 5.92 Å². The molecule has 0 aliphatic heterocycles. The Morgan fingerprint density at radius 1 is 1.29 bits per heavy atom. The smallest absolute Gasteiger partial charge is 0.0417 e. The second-order valence-corrected chi connectivity index (χ2v) is 6.22. The number of rotatable bonds is 8. The van der Waals surface area contributed by atoms with Crippen molar-refractivity contribution in [1.29, 1.82) is 0 Å². The molecule has 0 radical (unpaired) electrons. The predicted octanol–water partition coefficient (Wildman–Crippen LogP) is 4.46. The van der Waals surface area contributed by atoms with Crippen LogP contribution in [0.25, 0.3) is 0 Å². The van der Waals surface area contributed by atoms with Gasteiger partial charge in [-0.05, 0) is 55.8 Å². The average molecular weight is 272 g/mol. The zero-order valence-corrected chi connectivity index (χ0v) is 12.3. The largest absolute Gasteiger partial charge is 0.316 e. The van der Waals surface area contributed by atoms with Crippen molar-refractivity contribution in [1.82, 2.24) is 5.32 Å². The third kappa shape index (κ3) is 7.69. The number of nitrogens with one attached hydrogen (secondary N) is 1. The Balaban J connectivity index is 2.01. The molecule has 0 aliphatic carbocycles. The summed E-state index contributed by atoms with van der Waals surface area (Å²) in [4.78, 5) is 1.27. The molecule has 0 aromatic heterocycles. The summed E-state index contributed by atoms with van der Waals surface area (Å²) >= 11 is 7.82. The van der Waals surface area contributed by atoms with Crippen LogP contribution in [0.1, 0.15) is 26.7 Å². The molecular formula is C14H22ClNS. The van der Waals surface area contributed by atoms with Gasteiger partial charge in [0.15, 0.2) is 0 Å². The standard InChI is InChI=1S/C14H22ClNS/c1-12(2)11-16-8-3-4-9-17-14-7-5-6-13(15)10-14/h5-7,10,12,16H,3-4,8-9,11H2,1-2H3. The molecule has 0 saturated carbocycles. The molecule has 0 heterocycles. The van der Waals surface area contributed by atoms with Crippen molar-refractivity contribution in [3.8, 4) is 0 Å². The van der Waals surface area contributed by atoms with E-state index in [-0.39, 0.29) is 0 Å². The lowest BCUT2D eigenvalue weighted by molar-refractivity contribution is 0.541. The first-order valence-electron chi connectivity index (χ1n) is 6.27. The topological polar surface area (TPSA) is 12.0 Å². The number of benzene rings is 1. The molecule has 96 valence electrons. The number of hydrogen-bond donors (Lipinski definition) is 1. The van der Waals surface area contributed by atoms with Gasteiger partial charge in [0.2, 0.25) is 0 Å². The minimum Gasteiger partial charge on any atom is -0.316 e. The molecule has 0 aliphatic rings. The molecule has 1 aromatic rings. The molecular weight excluding hydrogens is 250 g/mol. The third-order valence-electron chi connectivity index (χ3n) is 2.37. The summed E-state index contributed by atoms with van der Waals surface area (Å²) in [7, 11) is 0. The lowest BCUT2D eigenvalue weighted by atomic mass is 10.2. The zero-order valence-electron chi connectivity index (χ0n) is 10.7. The summed E-state index contributed by atoms with van der Waals surface area (Å²) in [5.41, 5.74) is 0. The number of unbranched alkanes of at least 4 members (excludes halogenated alkanes) is 1. The summed E-state index contributed by atoms with van der Waals surface area (Å²) in [6, 6.07) is 8.08. The van der Waals surface area contributed by atoms with Crippen LogP contribution >= 0.6 is 23.4 Å². The monoisotopic (exact) mass is 271 g/mol. The zero-order chi connectivity index (χ0) is 12.5. The minimum atomic E-state index is 0.746. The maximum Gasteiger partial charge on any atom is 0.0417 e. The first-order chi connectivity index (χ1) is 8.18. The van der Waals surface area contributed by atoms with Gasteiger partial charge in [0, 0.05) is 9.92 Å². The summed E-state index contributed by atoms with van der Waals surface area (Å²) in [5, 5.41) is 4.29. The van der Waals surface area contributed by atoms with E-state index in [2.05, 4.69) is 25.2 Å². The van der Waals surface area contributed by atoms with E-state index in [1.54, 1.807) is 0 Å². The Kier molecular flexibility index (Phi) is 7.74. The summed E-state index contributed by atoms with van der Waals surface area (Å²) < 4.78 is 0. The lowest BCUT2D eigenvalue weighted by Gasteiger charge is -2.07. The van der Waals surface area contributed by atoms with E-state index >= 15 is 0 Å². The maximum absolute atomic E-state index is 5.93. The second kappa shape index (κ2) is 8.84. The molecule has 3 heteroatoms. The van der Waals surface area contributed by atoms with E-state index in [1.165, 1.54) is 23.5 Å². The fourth-order valence-corrected chi connectivity index (χ4v) is 2.71. The SMILES string of the molecule is CC(C)CNCCCCSc1cccc(Cl)c1. The Labute approximate surface area is 114 Å². The van der Waals surface area contributed by atoms with Gasteiger partial charge in [-0.3, -0.25) is 0 Å². The molecule has 1 nitrogen and oxygen atoms in total. The van der Waals surface area contributed by atoms with Gasteiger partial charge in [0.25, 0.3) is 0 Å². The number of thioether (sulfide) groups is 1. The summed E-state index contributed by atoms with van der Waals surface area (Å²) in [5.74, 6) is 1.92. The predicted molar refractivity (Wildman–Crippen MR) is 79.1 cm³/mol. The van der Waals surface area contributed by atoms with Crippen LogP contribution in [0.5, 0.6) is 0 Å². The fourth-order valence-electron chi connectivity index (χ4n) is 1.49. The molecule has 0 saturated heterocycles. The molecule has 1 rings (SSSR count). The molecule has 17 heavy (non-hydrogen) atoms. The van der Waals surface area contributed by atoms with Crippen LogP contribution in [-0.2, 0) is 0 Å².